The van der Waals surface area contributed by atoms with Crippen molar-refractivity contribution in [3.05, 3.63) is 46.6 Å². The first-order chi connectivity index (χ1) is 13.6. The summed E-state index contributed by atoms with van der Waals surface area (Å²) < 4.78 is 7.67. The van der Waals surface area contributed by atoms with Crippen molar-refractivity contribution in [1.82, 2.24) is 14.4 Å². The van der Waals surface area contributed by atoms with Crippen LogP contribution in [0.15, 0.2) is 39.7 Å². The Balaban J connectivity index is 1.43. The molecule has 28 heavy (non-hydrogen) atoms. The predicted octanol–water partition coefficient (Wildman–Crippen LogP) is 2.54. The van der Waals surface area contributed by atoms with E-state index in [9.17, 15) is 9.59 Å². The molecule has 2 aromatic rings. The average Bonchev–Trinajstić information content (AvgIpc) is 3.23. The van der Waals surface area contributed by atoms with Crippen LogP contribution in [0.3, 0.4) is 0 Å². The summed E-state index contributed by atoms with van der Waals surface area (Å²) in [5, 5.41) is 0. The molecule has 2 aromatic heterocycles. The number of furan rings is 1. The number of piperidine rings is 2. The Labute approximate surface area is 164 Å². The second-order valence-corrected chi connectivity index (χ2v) is 8.55. The highest BCUT2D eigenvalue weighted by Gasteiger charge is 2.39. The predicted molar refractivity (Wildman–Crippen MR) is 106 cm³/mol. The van der Waals surface area contributed by atoms with Crippen molar-refractivity contribution in [1.29, 1.82) is 0 Å². The number of pyridine rings is 1. The molecule has 0 saturated carbocycles. The van der Waals surface area contributed by atoms with E-state index in [1.54, 1.807) is 19.3 Å². The number of carbonyl (C=O) groups is 1. The molecular weight excluding hydrogens is 354 g/mol. The third kappa shape index (κ3) is 3.00. The number of likely N-dealkylation sites (tertiary alicyclic amines) is 2. The number of rotatable bonds is 2. The lowest BCUT2D eigenvalue weighted by Gasteiger charge is -2.47. The summed E-state index contributed by atoms with van der Waals surface area (Å²) in [6.07, 6.45) is 4.93. The van der Waals surface area contributed by atoms with Gasteiger partial charge in [-0.3, -0.25) is 14.5 Å². The molecule has 0 spiro atoms. The molecule has 2 unspecified atom stereocenters. The molecule has 1 amide bonds. The van der Waals surface area contributed by atoms with Gasteiger partial charge in [0.15, 0.2) is 0 Å². The second kappa shape index (κ2) is 6.92. The molecule has 5 heterocycles. The lowest BCUT2D eigenvalue weighted by atomic mass is 9.80. The van der Waals surface area contributed by atoms with Crippen molar-refractivity contribution in [2.75, 3.05) is 26.2 Å². The molecule has 2 fully saturated rings. The largest absolute Gasteiger partial charge is 0.464 e. The van der Waals surface area contributed by atoms with E-state index >= 15 is 0 Å². The van der Waals surface area contributed by atoms with E-state index in [2.05, 4.69) is 4.90 Å². The molecule has 6 nitrogen and oxygen atoms in total. The maximum absolute atomic E-state index is 12.6. The molecule has 5 rings (SSSR count). The van der Waals surface area contributed by atoms with Gasteiger partial charge >= 0.3 is 0 Å². The van der Waals surface area contributed by atoms with E-state index in [1.165, 1.54) is 0 Å². The molecule has 2 atom stereocenters. The van der Waals surface area contributed by atoms with Gasteiger partial charge in [0, 0.05) is 68.9 Å². The van der Waals surface area contributed by atoms with Gasteiger partial charge in [-0.15, -0.1) is 0 Å². The van der Waals surface area contributed by atoms with Gasteiger partial charge in [-0.25, -0.2) is 0 Å². The van der Waals surface area contributed by atoms with Crippen molar-refractivity contribution in [3.63, 3.8) is 0 Å². The van der Waals surface area contributed by atoms with Crippen molar-refractivity contribution in [2.24, 2.45) is 5.92 Å². The molecule has 0 radical (unpaired) electrons. The van der Waals surface area contributed by atoms with Crippen LogP contribution in [0.2, 0.25) is 0 Å². The monoisotopic (exact) mass is 381 g/mol. The van der Waals surface area contributed by atoms with Crippen molar-refractivity contribution in [2.45, 2.75) is 44.7 Å². The van der Waals surface area contributed by atoms with Crippen LogP contribution in [0.25, 0.3) is 11.3 Å². The second-order valence-electron chi connectivity index (χ2n) is 8.55. The molecule has 2 bridgehead atoms. The molecule has 2 saturated heterocycles. The number of fused-ring (bicyclic) bond motifs is 4. The normalized spacial score (nSPS) is 25.5. The summed E-state index contributed by atoms with van der Waals surface area (Å²) in [5.74, 6) is 1.90. The topological polar surface area (TPSA) is 58.7 Å². The number of aromatic nitrogens is 1. The van der Waals surface area contributed by atoms with E-state index in [1.807, 2.05) is 27.7 Å². The molecule has 3 aliphatic rings. The Kier molecular flexibility index (Phi) is 4.38. The molecule has 0 aromatic carbocycles. The van der Waals surface area contributed by atoms with Crippen LogP contribution in [0.4, 0.5) is 0 Å². The Morgan fingerprint density at radius 2 is 1.93 bits per heavy atom. The average molecular weight is 381 g/mol. The van der Waals surface area contributed by atoms with Crippen molar-refractivity contribution >= 4 is 5.91 Å². The van der Waals surface area contributed by atoms with Crippen molar-refractivity contribution < 1.29 is 9.21 Å². The summed E-state index contributed by atoms with van der Waals surface area (Å²) in [7, 11) is 0. The van der Waals surface area contributed by atoms with E-state index in [4.69, 9.17) is 4.42 Å². The SMILES string of the molecule is CC(=O)N1CCC(N2CC3CC(C2)c2c(-c4ccco4)ccc(=O)n2C3)CC1. The highest BCUT2D eigenvalue weighted by molar-refractivity contribution is 5.73. The fourth-order valence-electron chi connectivity index (χ4n) is 5.54. The van der Waals surface area contributed by atoms with E-state index in [0.717, 1.165) is 69.0 Å². The van der Waals surface area contributed by atoms with Crippen LogP contribution in [0, 0.1) is 5.92 Å². The fraction of sp³-hybridized carbons (Fsp3) is 0.545. The van der Waals surface area contributed by atoms with Gasteiger partial charge in [0.05, 0.1) is 6.26 Å². The van der Waals surface area contributed by atoms with Crippen LogP contribution < -0.4 is 5.56 Å². The Hall–Kier alpha value is -2.34. The first kappa shape index (κ1) is 17.7. The van der Waals surface area contributed by atoms with Crippen LogP contribution in [0.5, 0.6) is 0 Å². The zero-order valence-corrected chi connectivity index (χ0v) is 16.3. The minimum Gasteiger partial charge on any atom is -0.464 e. The van der Waals surface area contributed by atoms with E-state index < -0.39 is 0 Å². The molecule has 6 heteroatoms. The quantitative estimate of drug-likeness (QED) is 0.802. The third-order valence-electron chi connectivity index (χ3n) is 6.83. The fourth-order valence-corrected chi connectivity index (χ4v) is 5.54. The maximum Gasteiger partial charge on any atom is 0.250 e. The van der Waals surface area contributed by atoms with Gasteiger partial charge in [0.25, 0.3) is 5.56 Å². The zero-order chi connectivity index (χ0) is 19.3. The summed E-state index contributed by atoms with van der Waals surface area (Å²) in [6.45, 7) is 6.22. The van der Waals surface area contributed by atoms with E-state index in [-0.39, 0.29) is 11.5 Å². The third-order valence-corrected chi connectivity index (χ3v) is 6.83. The lowest BCUT2D eigenvalue weighted by molar-refractivity contribution is -0.130. The van der Waals surface area contributed by atoms with Crippen molar-refractivity contribution in [3.8, 4) is 11.3 Å². The Morgan fingerprint density at radius 3 is 2.64 bits per heavy atom. The molecule has 3 aliphatic heterocycles. The van der Waals surface area contributed by atoms with Crippen LogP contribution >= 0.6 is 0 Å². The molecule has 148 valence electrons. The number of amides is 1. The summed E-state index contributed by atoms with van der Waals surface area (Å²) in [6, 6.07) is 8.02. The molecule has 0 N–H and O–H groups in total. The smallest absolute Gasteiger partial charge is 0.250 e. The summed E-state index contributed by atoms with van der Waals surface area (Å²) in [5.41, 5.74) is 2.30. The van der Waals surface area contributed by atoms with Gasteiger partial charge in [0.1, 0.15) is 5.76 Å². The summed E-state index contributed by atoms with van der Waals surface area (Å²) >= 11 is 0. The Morgan fingerprint density at radius 1 is 1.11 bits per heavy atom. The number of nitrogens with zero attached hydrogens (tertiary/aromatic N) is 3. The first-order valence-corrected chi connectivity index (χ1v) is 10.4. The number of hydrogen-bond acceptors (Lipinski definition) is 4. The zero-order valence-electron chi connectivity index (χ0n) is 16.3. The lowest BCUT2D eigenvalue weighted by Crippen LogP contribution is -2.53. The van der Waals surface area contributed by atoms with Gasteiger partial charge in [-0.1, -0.05) is 0 Å². The molecule has 0 aliphatic carbocycles. The number of hydrogen-bond donors (Lipinski definition) is 0. The minimum atomic E-state index is 0.100. The van der Waals surface area contributed by atoms with Gasteiger partial charge < -0.3 is 13.9 Å². The van der Waals surface area contributed by atoms with Crippen LogP contribution in [-0.4, -0.2) is 52.5 Å². The first-order valence-electron chi connectivity index (χ1n) is 10.4. The van der Waals surface area contributed by atoms with Gasteiger partial charge in [0.2, 0.25) is 5.91 Å². The maximum atomic E-state index is 12.6. The van der Waals surface area contributed by atoms with Gasteiger partial charge in [-0.2, -0.15) is 0 Å². The summed E-state index contributed by atoms with van der Waals surface area (Å²) in [4.78, 5) is 28.8. The van der Waals surface area contributed by atoms with Crippen LogP contribution in [0.1, 0.15) is 37.8 Å². The standard InChI is InChI=1S/C22H27N3O3/c1-15(26)23-8-6-18(7-9-23)24-12-16-11-17(14-24)22-19(20-3-2-10-28-20)4-5-21(27)25(22)13-16/h2-5,10,16-18H,6-9,11-14H2,1H3. The number of carbonyl (C=O) groups excluding carboxylic acids is 1. The highest BCUT2D eigenvalue weighted by Crippen LogP contribution is 2.41. The highest BCUT2D eigenvalue weighted by atomic mass is 16.3. The Bertz CT molecular complexity index is 925. The molecular formula is C22H27N3O3. The van der Waals surface area contributed by atoms with Gasteiger partial charge in [-0.05, 0) is 43.4 Å². The van der Waals surface area contributed by atoms with E-state index in [0.29, 0.717) is 17.9 Å². The van der Waals surface area contributed by atoms with Crippen LogP contribution in [-0.2, 0) is 11.3 Å². The minimum absolute atomic E-state index is 0.100.